The van der Waals surface area contributed by atoms with Gasteiger partial charge in [-0.3, -0.25) is 0 Å². The fraction of sp³-hybridized carbons (Fsp3) is 0.542. The minimum atomic E-state index is -0.417. The Labute approximate surface area is 208 Å². The predicted octanol–water partition coefficient (Wildman–Crippen LogP) is 3.58. The van der Waals surface area contributed by atoms with E-state index < -0.39 is 5.82 Å². The van der Waals surface area contributed by atoms with Gasteiger partial charge in [-0.25, -0.2) is 19.3 Å². The molecule has 2 aromatic heterocycles. The van der Waals surface area contributed by atoms with Crippen LogP contribution in [0, 0.1) is 5.82 Å². The number of fused-ring (bicyclic) bond motifs is 3. The molecule has 0 spiro atoms. The number of hydrogen-bond acceptors (Lipinski definition) is 8. The Balaban J connectivity index is 0.000000313. The van der Waals surface area contributed by atoms with Gasteiger partial charge in [0, 0.05) is 37.7 Å². The number of ether oxygens (including phenoxy) is 2. The Morgan fingerprint density at radius 1 is 1.23 bits per heavy atom. The zero-order valence-electron chi connectivity index (χ0n) is 19.8. The van der Waals surface area contributed by atoms with Crippen LogP contribution in [0.2, 0.25) is 5.02 Å². The molecule has 0 aliphatic carbocycles. The Kier molecular flexibility index (Phi) is 6.80. The van der Waals surface area contributed by atoms with Crippen LogP contribution in [-0.4, -0.2) is 69.2 Å². The summed E-state index contributed by atoms with van der Waals surface area (Å²) in [6.07, 6.45) is 4.73. The fourth-order valence-electron chi connectivity index (χ4n) is 4.84. The Morgan fingerprint density at radius 2 is 1.97 bits per heavy atom. The minimum absolute atomic E-state index is 0.0884. The maximum atomic E-state index is 15.0. The molecule has 2 bridgehead atoms. The second-order valence-electron chi connectivity index (χ2n) is 9.52. The Bertz CT molecular complexity index is 1200. The van der Waals surface area contributed by atoms with Gasteiger partial charge < -0.3 is 29.8 Å². The summed E-state index contributed by atoms with van der Waals surface area (Å²) >= 11 is 6.24. The third-order valence-corrected chi connectivity index (χ3v) is 6.74. The van der Waals surface area contributed by atoms with E-state index >= 15 is 4.39 Å². The summed E-state index contributed by atoms with van der Waals surface area (Å²) in [5, 5.41) is 9.10. The first kappa shape index (κ1) is 24.2. The predicted molar refractivity (Wildman–Crippen MR) is 132 cm³/mol. The fourth-order valence-corrected chi connectivity index (χ4v) is 5.04. The van der Waals surface area contributed by atoms with Crippen LogP contribution in [0.15, 0.2) is 18.3 Å². The van der Waals surface area contributed by atoms with Crippen LogP contribution in [0.5, 0.6) is 0 Å². The van der Waals surface area contributed by atoms with Gasteiger partial charge in [0.2, 0.25) is 11.9 Å². The second kappa shape index (κ2) is 9.85. The topological polar surface area (TPSA) is 112 Å². The molecule has 11 heteroatoms. The van der Waals surface area contributed by atoms with E-state index in [1.165, 1.54) is 12.3 Å². The minimum Gasteiger partial charge on any atom is -0.391 e. The van der Waals surface area contributed by atoms with Gasteiger partial charge in [0.05, 0.1) is 47.3 Å². The molecule has 9 nitrogen and oxygen atoms in total. The molecule has 4 saturated heterocycles. The maximum absolute atomic E-state index is 15.0. The van der Waals surface area contributed by atoms with Gasteiger partial charge in [-0.15, -0.1) is 0 Å². The van der Waals surface area contributed by atoms with E-state index in [0.29, 0.717) is 33.9 Å². The number of nitrogens with zero attached hydrogens (tertiary/aromatic N) is 5. The molecule has 4 fully saturated rings. The van der Waals surface area contributed by atoms with Crippen molar-refractivity contribution < 1.29 is 19.0 Å². The van der Waals surface area contributed by atoms with Crippen molar-refractivity contribution in [3.8, 4) is 11.3 Å². The highest BCUT2D eigenvalue weighted by molar-refractivity contribution is 6.33. The quantitative estimate of drug-likeness (QED) is 0.556. The third-order valence-electron chi connectivity index (χ3n) is 6.46. The van der Waals surface area contributed by atoms with Crippen LogP contribution in [-0.2, 0) is 9.47 Å². The van der Waals surface area contributed by atoms with Gasteiger partial charge in [-0.2, -0.15) is 0 Å². The highest BCUT2D eigenvalue weighted by atomic mass is 35.5. The number of imidazole rings is 1. The number of nitrogens with two attached hydrogens (primary N) is 1. The van der Waals surface area contributed by atoms with Crippen molar-refractivity contribution in [1.29, 1.82) is 0 Å². The van der Waals surface area contributed by atoms with Gasteiger partial charge in [-0.1, -0.05) is 11.6 Å². The number of hydrogen-bond donors (Lipinski definition) is 2. The molecule has 4 aliphatic heterocycles. The number of piperidine rings is 1. The number of benzene rings is 1. The van der Waals surface area contributed by atoms with Gasteiger partial charge in [0.25, 0.3) is 0 Å². The number of aliphatic hydroxyl groups excluding tert-OH is 1. The first-order chi connectivity index (χ1) is 16.8. The molecule has 3 aromatic rings. The average molecular weight is 505 g/mol. The van der Waals surface area contributed by atoms with E-state index in [1.807, 2.05) is 6.07 Å². The first-order valence-corrected chi connectivity index (χ1v) is 12.3. The normalized spacial score (nSPS) is 23.7. The molecule has 0 radical (unpaired) electrons. The molecule has 35 heavy (non-hydrogen) atoms. The summed E-state index contributed by atoms with van der Waals surface area (Å²) in [5.74, 6) is 0.442. The lowest BCUT2D eigenvalue weighted by Gasteiger charge is -2.47. The van der Waals surface area contributed by atoms with Crippen molar-refractivity contribution in [3.63, 3.8) is 0 Å². The van der Waals surface area contributed by atoms with Crippen molar-refractivity contribution in [2.45, 2.75) is 57.5 Å². The van der Waals surface area contributed by atoms with E-state index in [2.05, 4.69) is 38.3 Å². The number of halogens is 2. The van der Waals surface area contributed by atoms with Crippen LogP contribution in [0.1, 0.15) is 39.2 Å². The van der Waals surface area contributed by atoms with E-state index in [4.69, 9.17) is 31.9 Å². The molecule has 0 amide bonds. The van der Waals surface area contributed by atoms with Crippen LogP contribution in [0.3, 0.4) is 0 Å². The standard InChI is InChI=1S/C19H20ClFN6O.C5H10O2/c1-9(2)27-15-4-10(16-13(20)6-23-18(22)24-16)3-14(21)17(15)25-19(27)26-7-11-5-12(8-26)28-11;6-5-2-1-3-7-4-5/h3-4,6,9,11-12H,5,7-8H2,1-2H3,(H2,22,23,24);5-6H,1-4H2. The Morgan fingerprint density at radius 3 is 2.57 bits per heavy atom. The van der Waals surface area contributed by atoms with Crippen molar-refractivity contribution in [2.24, 2.45) is 0 Å². The SMILES string of the molecule is CC(C)n1c(N2CC3CC(C2)O3)nc2c(F)cc(-c3nc(N)ncc3Cl)cc21.OC1CCCOC1. The number of aromatic nitrogens is 4. The lowest BCUT2D eigenvalue weighted by molar-refractivity contribution is -0.133. The van der Waals surface area contributed by atoms with Crippen molar-refractivity contribution in [3.05, 3.63) is 29.2 Å². The molecule has 1 aromatic carbocycles. The average Bonchev–Trinajstić information content (AvgIpc) is 3.22. The smallest absolute Gasteiger partial charge is 0.220 e. The first-order valence-electron chi connectivity index (χ1n) is 12.0. The summed E-state index contributed by atoms with van der Waals surface area (Å²) in [7, 11) is 0. The Hall–Kier alpha value is -2.53. The summed E-state index contributed by atoms with van der Waals surface area (Å²) in [5.41, 5.74) is 7.69. The van der Waals surface area contributed by atoms with E-state index in [1.54, 1.807) is 0 Å². The zero-order valence-corrected chi connectivity index (χ0v) is 20.6. The van der Waals surface area contributed by atoms with Crippen LogP contribution < -0.4 is 10.6 Å². The summed E-state index contributed by atoms with van der Waals surface area (Å²) in [6.45, 7) is 7.04. The van der Waals surface area contributed by atoms with Gasteiger partial charge in [-0.05, 0) is 38.8 Å². The van der Waals surface area contributed by atoms with Gasteiger partial charge >= 0.3 is 0 Å². The van der Waals surface area contributed by atoms with E-state index in [0.717, 1.165) is 44.9 Å². The molecule has 6 heterocycles. The second-order valence-corrected chi connectivity index (χ2v) is 9.93. The number of rotatable bonds is 3. The molecule has 188 valence electrons. The van der Waals surface area contributed by atoms with Crippen LogP contribution in [0.4, 0.5) is 16.3 Å². The molecular weight excluding hydrogens is 475 g/mol. The largest absolute Gasteiger partial charge is 0.391 e. The lowest BCUT2D eigenvalue weighted by atomic mass is 9.99. The number of morpholine rings is 1. The molecule has 3 N–H and O–H groups in total. The molecule has 7 rings (SSSR count). The van der Waals surface area contributed by atoms with Crippen molar-refractivity contribution in [1.82, 2.24) is 19.5 Å². The van der Waals surface area contributed by atoms with E-state index in [-0.39, 0.29) is 30.3 Å². The lowest BCUT2D eigenvalue weighted by Crippen LogP contribution is -2.58. The summed E-state index contributed by atoms with van der Waals surface area (Å²) in [4.78, 5) is 14.9. The van der Waals surface area contributed by atoms with Crippen LogP contribution >= 0.6 is 11.6 Å². The number of anilines is 2. The van der Waals surface area contributed by atoms with Gasteiger partial charge in [0.1, 0.15) is 5.52 Å². The van der Waals surface area contributed by atoms with E-state index in [9.17, 15) is 0 Å². The molecular formula is C24H30ClFN6O3. The highest BCUT2D eigenvalue weighted by Gasteiger charge is 2.40. The summed E-state index contributed by atoms with van der Waals surface area (Å²) < 4.78 is 27.8. The van der Waals surface area contributed by atoms with Crippen molar-refractivity contribution >= 4 is 34.5 Å². The van der Waals surface area contributed by atoms with Gasteiger partial charge in [0.15, 0.2) is 5.82 Å². The van der Waals surface area contributed by atoms with Crippen LogP contribution in [0.25, 0.3) is 22.3 Å². The third kappa shape index (κ3) is 4.93. The number of aliphatic hydroxyl groups is 1. The molecule has 4 aliphatic rings. The molecule has 0 saturated carbocycles. The number of nitrogen functional groups attached to an aromatic ring is 1. The monoisotopic (exact) mass is 504 g/mol. The molecule has 3 unspecified atom stereocenters. The zero-order chi connectivity index (χ0) is 24.7. The maximum Gasteiger partial charge on any atom is 0.220 e. The molecule has 3 atom stereocenters. The highest BCUT2D eigenvalue weighted by Crippen LogP contribution is 2.37. The van der Waals surface area contributed by atoms with Crippen molar-refractivity contribution in [2.75, 3.05) is 36.9 Å². The summed E-state index contributed by atoms with van der Waals surface area (Å²) in [6, 6.07) is 3.36.